The van der Waals surface area contributed by atoms with Crippen LogP contribution < -0.4 is 10.6 Å². The highest BCUT2D eigenvalue weighted by molar-refractivity contribution is 5.48. The minimum atomic E-state index is 0.0613. The lowest BCUT2D eigenvalue weighted by Gasteiger charge is -2.15. The molecule has 1 unspecified atom stereocenters. The Morgan fingerprint density at radius 3 is 2.70 bits per heavy atom. The maximum Gasteiger partial charge on any atom is 0.158 e. The first kappa shape index (κ1) is 14.2. The van der Waals surface area contributed by atoms with Crippen molar-refractivity contribution < 1.29 is 4.74 Å². The number of hydrogen-bond donors (Lipinski definition) is 2. The van der Waals surface area contributed by atoms with Gasteiger partial charge in [0.1, 0.15) is 18.2 Å². The number of ether oxygens (including phenoxy) is 1. The SMILES string of the molecule is CNc1cc(NC(C)c2ccccn2)nc(COC)n1. The Labute approximate surface area is 118 Å². The van der Waals surface area contributed by atoms with Crippen molar-refractivity contribution in [1.82, 2.24) is 15.0 Å². The van der Waals surface area contributed by atoms with Gasteiger partial charge in [-0.25, -0.2) is 9.97 Å². The van der Waals surface area contributed by atoms with E-state index in [1.165, 1.54) is 0 Å². The minimum absolute atomic E-state index is 0.0613. The molecule has 2 heterocycles. The third-order valence-corrected chi connectivity index (χ3v) is 2.80. The molecule has 1 atom stereocenters. The van der Waals surface area contributed by atoms with Gasteiger partial charge in [0.25, 0.3) is 0 Å². The molecule has 106 valence electrons. The molecule has 6 heteroatoms. The molecule has 0 aromatic carbocycles. The number of anilines is 2. The van der Waals surface area contributed by atoms with E-state index >= 15 is 0 Å². The summed E-state index contributed by atoms with van der Waals surface area (Å²) in [6, 6.07) is 7.77. The van der Waals surface area contributed by atoms with Gasteiger partial charge in [-0.3, -0.25) is 4.98 Å². The molecule has 2 aromatic heterocycles. The summed E-state index contributed by atoms with van der Waals surface area (Å²) < 4.78 is 5.08. The summed E-state index contributed by atoms with van der Waals surface area (Å²) in [6.45, 7) is 2.42. The monoisotopic (exact) mass is 273 g/mol. The van der Waals surface area contributed by atoms with Crippen molar-refractivity contribution >= 4 is 11.6 Å². The fraction of sp³-hybridized carbons (Fsp3) is 0.357. The number of aromatic nitrogens is 3. The van der Waals surface area contributed by atoms with Gasteiger partial charge in [-0.1, -0.05) is 6.07 Å². The van der Waals surface area contributed by atoms with Gasteiger partial charge >= 0.3 is 0 Å². The molecule has 0 saturated heterocycles. The summed E-state index contributed by atoms with van der Waals surface area (Å²) in [5.41, 5.74) is 0.963. The molecule has 0 saturated carbocycles. The van der Waals surface area contributed by atoms with E-state index in [0.717, 1.165) is 17.3 Å². The Balaban J connectivity index is 2.17. The van der Waals surface area contributed by atoms with E-state index in [4.69, 9.17) is 4.74 Å². The molecule has 20 heavy (non-hydrogen) atoms. The largest absolute Gasteiger partial charge is 0.377 e. The van der Waals surface area contributed by atoms with Crippen LogP contribution in [0.15, 0.2) is 30.5 Å². The molecule has 0 spiro atoms. The van der Waals surface area contributed by atoms with Crippen LogP contribution in [0.25, 0.3) is 0 Å². The van der Waals surface area contributed by atoms with Gasteiger partial charge in [-0.15, -0.1) is 0 Å². The van der Waals surface area contributed by atoms with Gasteiger partial charge < -0.3 is 15.4 Å². The van der Waals surface area contributed by atoms with Gasteiger partial charge in [0, 0.05) is 26.4 Å². The second-order valence-electron chi connectivity index (χ2n) is 4.36. The van der Waals surface area contributed by atoms with Crippen LogP contribution >= 0.6 is 0 Å². The van der Waals surface area contributed by atoms with Crippen molar-refractivity contribution in [2.24, 2.45) is 0 Å². The molecule has 0 aliphatic rings. The van der Waals surface area contributed by atoms with Gasteiger partial charge in [0.15, 0.2) is 5.82 Å². The molecule has 2 aromatic rings. The van der Waals surface area contributed by atoms with Crippen molar-refractivity contribution in [3.8, 4) is 0 Å². The highest BCUT2D eigenvalue weighted by Crippen LogP contribution is 2.18. The van der Waals surface area contributed by atoms with Crippen molar-refractivity contribution in [2.75, 3.05) is 24.8 Å². The van der Waals surface area contributed by atoms with Crippen LogP contribution in [0.3, 0.4) is 0 Å². The second kappa shape index (κ2) is 6.81. The maximum atomic E-state index is 5.08. The normalized spacial score (nSPS) is 11.9. The van der Waals surface area contributed by atoms with Crippen LogP contribution in [-0.4, -0.2) is 29.1 Å². The van der Waals surface area contributed by atoms with E-state index in [0.29, 0.717) is 12.4 Å². The molecular weight excluding hydrogens is 254 g/mol. The topological polar surface area (TPSA) is 72.0 Å². The summed E-state index contributed by atoms with van der Waals surface area (Å²) in [7, 11) is 3.45. The van der Waals surface area contributed by atoms with Crippen LogP contribution in [0.4, 0.5) is 11.6 Å². The number of nitrogens with one attached hydrogen (secondary N) is 2. The zero-order chi connectivity index (χ0) is 14.4. The molecule has 0 radical (unpaired) electrons. The maximum absolute atomic E-state index is 5.08. The smallest absolute Gasteiger partial charge is 0.158 e. The number of pyridine rings is 1. The van der Waals surface area contributed by atoms with E-state index in [2.05, 4.69) is 25.6 Å². The van der Waals surface area contributed by atoms with Crippen molar-refractivity contribution in [3.05, 3.63) is 42.0 Å². The Bertz CT molecular complexity index is 547. The molecule has 0 bridgehead atoms. The Kier molecular flexibility index (Phi) is 4.84. The van der Waals surface area contributed by atoms with E-state index in [1.54, 1.807) is 13.3 Å². The highest BCUT2D eigenvalue weighted by atomic mass is 16.5. The molecular formula is C14H19N5O. The lowest BCUT2D eigenvalue weighted by molar-refractivity contribution is 0.178. The molecule has 6 nitrogen and oxygen atoms in total. The summed E-state index contributed by atoms with van der Waals surface area (Å²) in [5.74, 6) is 2.13. The average molecular weight is 273 g/mol. The summed E-state index contributed by atoms with van der Waals surface area (Å²) in [5, 5.41) is 6.34. The van der Waals surface area contributed by atoms with E-state index in [1.807, 2.05) is 38.2 Å². The Morgan fingerprint density at radius 2 is 2.05 bits per heavy atom. The first-order valence-electron chi connectivity index (χ1n) is 6.45. The molecule has 0 aliphatic carbocycles. The fourth-order valence-corrected chi connectivity index (χ4v) is 1.82. The van der Waals surface area contributed by atoms with E-state index in [-0.39, 0.29) is 6.04 Å². The molecule has 0 aliphatic heterocycles. The predicted octanol–water partition coefficient (Wildman–Crippen LogP) is 2.23. The van der Waals surface area contributed by atoms with Crippen LogP contribution in [0, 0.1) is 0 Å². The number of hydrogen-bond acceptors (Lipinski definition) is 6. The van der Waals surface area contributed by atoms with Crippen LogP contribution in [0.1, 0.15) is 24.5 Å². The molecule has 2 rings (SSSR count). The van der Waals surface area contributed by atoms with Crippen LogP contribution in [-0.2, 0) is 11.3 Å². The first-order valence-corrected chi connectivity index (χ1v) is 6.45. The molecule has 0 amide bonds. The van der Waals surface area contributed by atoms with Crippen molar-refractivity contribution in [3.63, 3.8) is 0 Å². The minimum Gasteiger partial charge on any atom is -0.377 e. The second-order valence-corrected chi connectivity index (χ2v) is 4.36. The predicted molar refractivity (Wildman–Crippen MR) is 78.6 cm³/mol. The lowest BCUT2D eigenvalue weighted by Crippen LogP contribution is -2.11. The Hall–Kier alpha value is -2.21. The zero-order valence-corrected chi connectivity index (χ0v) is 11.9. The molecule has 2 N–H and O–H groups in total. The van der Waals surface area contributed by atoms with E-state index in [9.17, 15) is 0 Å². The number of rotatable bonds is 6. The standard InChI is InChI=1S/C14H19N5O/c1-10(11-6-4-5-7-16-11)17-13-8-12(15-2)18-14(19-13)9-20-3/h4-8,10H,9H2,1-3H3,(H2,15,17,18,19). The zero-order valence-electron chi connectivity index (χ0n) is 11.9. The van der Waals surface area contributed by atoms with Crippen molar-refractivity contribution in [2.45, 2.75) is 19.6 Å². The van der Waals surface area contributed by atoms with E-state index < -0.39 is 0 Å². The van der Waals surface area contributed by atoms with Crippen LogP contribution in [0.2, 0.25) is 0 Å². The van der Waals surface area contributed by atoms with Gasteiger partial charge in [-0.05, 0) is 19.1 Å². The van der Waals surface area contributed by atoms with Gasteiger partial charge in [-0.2, -0.15) is 0 Å². The third kappa shape index (κ3) is 3.64. The Morgan fingerprint density at radius 1 is 1.25 bits per heavy atom. The third-order valence-electron chi connectivity index (χ3n) is 2.80. The van der Waals surface area contributed by atoms with Crippen LogP contribution in [0.5, 0.6) is 0 Å². The first-order chi connectivity index (χ1) is 9.72. The summed E-state index contributed by atoms with van der Waals surface area (Å²) in [6.07, 6.45) is 1.78. The van der Waals surface area contributed by atoms with Crippen molar-refractivity contribution in [1.29, 1.82) is 0 Å². The molecule has 0 fully saturated rings. The average Bonchev–Trinajstić information content (AvgIpc) is 2.48. The summed E-state index contributed by atoms with van der Waals surface area (Å²) in [4.78, 5) is 13.1. The number of nitrogens with zero attached hydrogens (tertiary/aromatic N) is 3. The quantitative estimate of drug-likeness (QED) is 0.841. The highest BCUT2D eigenvalue weighted by Gasteiger charge is 2.09. The van der Waals surface area contributed by atoms with Gasteiger partial charge in [0.2, 0.25) is 0 Å². The summed E-state index contributed by atoms with van der Waals surface area (Å²) >= 11 is 0. The number of methoxy groups -OCH3 is 1. The van der Waals surface area contributed by atoms with Gasteiger partial charge in [0.05, 0.1) is 11.7 Å². The lowest BCUT2D eigenvalue weighted by atomic mass is 10.2. The fourth-order valence-electron chi connectivity index (χ4n) is 1.82.